The maximum absolute atomic E-state index is 7.16. The Hall–Kier alpha value is -2.15. The molecule has 0 spiro atoms. The molecule has 0 aliphatic carbocycles. The lowest BCUT2D eigenvalue weighted by Crippen LogP contribution is -2.45. The summed E-state index contributed by atoms with van der Waals surface area (Å²) in [5, 5.41) is 0.758. The molecule has 2 aliphatic heterocycles. The molecule has 2 aliphatic rings. The van der Waals surface area contributed by atoms with E-state index in [9.17, 15) is 0 Å². The minimum atomic E-state index is 0.179. The van der Waals surface area contributed by atoms with E-state index in [4.69, 9.17) is 21.6 Å². The summed E-state index contributed by atoms with van der Waals surface area (Å²) in [6.45, 7) is 10.9. The van der Waals surface area contributed by atoms with Gasteiger partial charge in [-0.15, -0.1) is 0 Å². The van der Waals surface area contributed by atoms with E-state index in [1.54, 1.807) is 0 Å². The number of likely N-dealkylation sites (tertiary alicyclic amines) is 1. The fourth-order valence-electron chi connectivity index (χ4n) is 5.70. The second kappa shape index (κ2) is 9.24. The van der Waals surface area contributed by atoms with E-state index in [1.165, 1.54) is 11.3 Å². The largest absolute Gasteiger partial charge is 0.355 e. The van der Waals surface area contributed by atoms with E-state index in [0.717, 1.165) is 67.8 Å². The van der Waals surface area contributed by atoms with Gasteiger partial charge in [0.2, 0.25) is 0 Å². The van der Waals surface area contributed by atoms with E-state index in [-0.39, 0.29) is 12.1 Å². The van der Waals surface area contributed by atoms with E-state index >= 15 is 0 Å². The summed E-state index contributed by atoms with van der Waals surface area (Å²) in [6.07, 6.45) is 5.24. The van der Waals surface area contributed by atoms with Gasteiger partial charge in [-0.1, -0.05) is 23.7 Å². The van der Waals surface area contributed by atoms with Gasteiger partial charge in [-0.05, 0) is 70.8 Å². The Balaban J connectivity index is 1.56. The van der Waals surface area contributed by atoms with Crippen molar-refractivity contribution in [3.8, 4) is 0 Å². The molecule has 0 N–H and O–H groups in total. The van der Waals surface area contributed by atoms with Gasteiger partial charge in [0.1, 0.15) is 16.6 Å². The Bertz CT molecular complexity index is 1120. The summed E-state index contributed by atoms with van der Waals surface area (Å²) < 4.78 is 2.16. The third-order valence-corrected chi connectivity index (χ3v) is 7.73. The van der Waals surface area contributed by atoms with E-state index in [2.05, 4.69) is 71.2 Å². The van der Waals surface area contributed by atoms with Crippen molar-refractivity contribution in [2.24, 2.45) is 0 Å². The molecule has 5 rings (SSSR count). The van der Waals surface area contributed by atoms with Crippen molar-refractivity contribution in [1.29, 1.82) is 0 Å². The molecule has 2 saturated heterocycles. The number of halogens is 1. The van der Waals surface area contributed by atoms with Gasteiger partial charge in [-0.2, -0.15) is 0 Å². The highest BCUT2D eigenvalue weighted by Crippen LogP contribution is 2.45. The Morgan fingerprint density at radius 3 is 2.39 bits per heavy atom. The summed E-state index contributed by atoms with van der Waals surface area (Å²) in [5.41, 5.74) is 4.39. The zero-order chi connectivity index (χ0) is 23.1. The number of fused-ring (bicyclic) bond motifs is 1. The fourth-order valence-corrected chi connectivity index (χ4v) is 6.04. The standard InChI is InChI=1S/C26H35ClN6/c1-18(2)32-20(24-19(3)8-7-13-28-24)9-5-10-21(32)25-26(27)33-22(29-25)11-6-12-23(33)31-16-14-30(4)15-17-31/h6-8,11-13,18,20-21H,5,9-10,14-17H2,1-4H3/t20-,21+/m0/s1. The molecule has 0 aromatic carbocycles. The van der Waals surface area contributed by atoms with E-state index < -0.39 is 0 Å². The Labute approximate surface area is 202 Å². The molecule has 0 unspecified atom stereocenters. The van der Waals surface area contributed by atoms with Crippen molar-refractivity contribution < 1.29 is 0 Å². The number of hydrogen-bond acceptors (Lipinski definition) is 5. The number of imidazole rings is 1. The number of nitrogens with zero attached hydrogens (tertiary/aromatic N) is 6. The quantitative estimate of drug-likeness (QED) is 0.533. The molecule has 3 aromatic heterocycles. The number of aryl methyl sites for hydroxylation is 1. The van der Waals surface area contributed by atoms with Crippen molar-refractivity contribution in [2.45, 2.75) is 58.2 Å². The first-order valence-electron chi connectivity index (χ1n) is 12.2. The number of piperidine rings is 1. The number of piperazine rings is 1. The van der Waals surface area contributed by atoms with E-state index in [1.807, 2.05) is 12.3 Å². The van der Waals surface area contributed by atoms with Crippen LogP contribution in [0.2, 0.25) is 5.15 Å². The van der Waals surface area contributed by atoms with Crippen LogP contribution in [0.25, 0.3) is 5.65 Å². The average Bonchev–Trinajstić information content (AvgIpc) is 3.16. The summed E-state index contributed by atoms with van der Waals surface area (Å²) in [6, 6.07) is 11.4. The molecule has 176 valence electrons. The zero-order valence-electron chi connectivity index (χ0n) is 20.2. The van der Waals surface area contributed by atoms with Crippen LogP contribution in [0.15, 0.2) is 36.5 Å². The van der Waals surface area contributed by atoms with Crippen molar-refractivity contribution in [2.75, 3.05) is 38.1 Å². The lowest BCUT2D eigenvalue weighted by molar-refractivity contribution is 0.0454. The Morgan fingerprint density at radius 1 is 0.970 bits per heavy atom. The maximum atomic E-state index is 7.16. The van der Waals surface area contributed by atoms with Crippen LogP contribution in [-0.2, 0) is 0 Å². The zero-order valence-corrected chi connectivity index (χ0v) is 21.0. The number of anilines is 1. The predicted molar refractivity (Wildman–Crippen MR) is 135 cm³/mol. The van der Waals surface area contributed by atoms with Crippen LogP contribution in [0.4, 0.5) is 5.82 Å². The lowest BCUT2D eigenvalue weighted by atomic mass is 9.89. The average molecular weight is 467 g/mol. The number of aromatic nitrogens is 3. The smallest absolute Gasteiger partial charge is 0.139 e. The van der Waals surface area contributed by atoms with Crippen LogP contribution in [0.5, 0.6) is 0 Å². The molecule has 0 saturated carbocycles. The van der Waals surface area contributed by atoms with Crippen molar-refractivity contribution in [3.05, 3.63) is 58.6 Å². The van der Waals surface area contributed by atoms with Gasteiger partial charge in [-0.25, -0.2) is 4.98 Å². The second-order valence-corrected chi connectivity index (χ2v) is 10.2. The molecule has 0 amide bonds. The Morgan fingerprint density at radius 2 is 1.70 bits per heavy atom. The molecule has 2 atom stereocenters. The van der Waals surface area contributed by atoms with Gasteiger partial charge in [0, 0.05) is 38.4 Å². The van der Waals surface area contributed by atoms with Gasteiger partial charge in [0.15, 0.2) is 0 Å². The minimum Gasteiger partial charge on any atom is -0.355 e. The van der Waals surface area contributed by atoms with Crippen molar-refractivity contribution in [3.63, 3.8) is 0 Å². The highest BCUT2D eigenvalue weighted by atomic mass is 35.5. The van der Waals surface area contributed by atoms with Crippen LogP contribution in [0, 0.1) is 6.92 Å². The lowest BCUT2D eigenvalue weighted by Gasteiger charge is -2.44. The third kappa shape index (κ3) is 4.13. The highest BCUT2D eigenvalue weighted by Gasteiger charge is 2.38. The molecule has 6 nitrogen and oxygen atoms in total. The van der Waals surface area contributed by atoms with E-state index in [0.29, 0.717) is 6.04 Å². The third-order valence-electron chi connectivity index (χ3n) is 7.37. The van der Waals surface area contributed by atoms with Crippen LogP contribution >= 0.6 is 11.6 Å². The predicted octanol–water partition coefficient (Wildman–Crippen LogP) is 5.12. The monoisotopic (exact) mass is 466 g/mol. The summed E-state index contributed by atoms with van der Waals surface area (Å²) in [4.78, 5) is 17.3. The topological polar surface area (TPSA) is 39.9 Å². The molecule has 7 heteroatoms. The second-order valence-electron chi connectivity index (χ2n) is 9.86. The highest BCUT2D eigenvalue weighted by molar-refractivity contribution is 6.30. The molecular formula is C26H35ClN6. The number of likely N-dealkylation sites (N-methyl/N-ethyl adjacent to an activating group) is 1. The normalized spacial score (nSPS) is 23.0. The van der Waals surface area contributed by atoms with Gasteiger partial charge >= 0.3 is 0 Å². The van der Waals surface area contributed by atoms with Crippen molar-refractivity contribution >= 4 is 23.1 Å². The molecule has 33 heavy (non-hydrogen) atoms. The molecular weight excluding hydrogens is 432 g/mol. The van der Waals surface area contributed by atoms with Gasteiger partial charge in [0.25, 0.3) is 0 Å². The number of hydrogen-bond donors (Lipinski definition) is 0. The summed E-state index contributed by atoms with van der Waals surface area (Å²) in [7, 11) is 2.18. The first-order valence-corrected chi connectivity index (χ1v) is 12.6. The first kappa shape index (κ1) is 22.6. The SMILES string of the molecule is Cc1cccnc1[C@@H]1CCC[C@H](c2nc3cccc(N4CCN(C)CC4)n3c2Cl)N1C(C)C. The molecule has 3 aromatic rings. The first-order chi connectivity index (χ1) is 16.0. The number of rotatable bonds is 4. The minimum absolute atomic E-state index is 0.179. The fraction of sp³-hybridized carbons (Fsp3) is 0.538. The van der Waals surface area contributed by atoms with Crippen LogP contribution < -0.4 is 4.90 Å². The Kier molecular flexibility index (Phi) is 6.34. The van der Waals surface area contributed by atoms with Gasteiger partial charge in [-0.3, -0.25) is 14.3 Å². The van der Waals surface area contributed by atoms with Crippen molar-refractivity contribution in [1.82, 2.24) is 24.2 Å². The van der Waals surface area contributed by atoms with Crippen LogP contribution in [0.3, 0.4) is 0 Å². The summed E-state index contributed by atoms with van der Waals surface area (Å²) >= 11 is 7.16. The van der Waals surface area contributed by atoms with Crippen LogP contribution in [-0.4, -0.2) is 63.4 Å². The maximum Gasteiger partial charge on any atom is 0.139 e. The molecule has 0 bridgehead atoms. The van der Waals surface area contributed by atoms with Gasteiger partial charge in [0.05, 0.1) is 23.5 Å². The number of pyridine rings is 2. The summed E-state index contributed by atoms with van der Waals surface area (Å²) in [5.74, 6) is 1.15. The molecule has 5 heterocycles. The molecule has 0 radical (unpaired) electrons. The molecule has 2 fully saturated rings. The van der Waals surface area contributed by atoms with Crippen LogP contribution in [0.1, 0.15) is 62.1 Å². The van der Waals surface area contributed by atoms with Gasteiger partial charge < -0.3 is 9.80 Å².